The number of nitrogens with zero attached hydrogens (tertiary/aromatic N) is 1. The molecule has 0 atom stereocenters. The number of rotatable bonds is 5. The van der Waals surface area contributed by atoms with Gasteiger partial charge in [-0.1, -0.05) is 40.2 Å². The number of thiazole rings is 1. The first kappa shape index (κ1) is 16.5. The van der Waals surface area contributed by atoms with Crippen LogP contribution in [0.2, 0.25) is 0 Å². The Morgan fingerprint density at radius 3 is 2.71 bits per heavy atom. The average Bonchev–Trinajstić information content (AvgIpc) is 3.09. The van der Waals surface area contributed by atoms with Crippen molar-refractivity contribution < 1.29 is 14.3 Å². The zero-order chi connectivity index (χ0) is 16.9. The lowest BCUT2D eigenvalue weighted by Gasteiger charge is -2.03. The molecule has 0 fully saturated rings. The van der Waals surface area contributed by atoms with Crippen molar-refractivity contribution in [1.82, 2.24) is 4.98 Å². The van der Waals surface area contributed by atoms with Gasteiger partial charge in [-0.05, 0) is 24.3 Å². The number of carbonyl (C=O) groups is 2. The van der Waals surface area contributed by atoms with E-state index < -0.39 is 5.97 Å². The molecule has 2 aromatic carbocycles. The van der Waals surface area contributed by atoms with Crippen molar-refractivity contribution >= 4 is 39.5 Å². The van der Waals surface area contributed by atoms with Gasteiger partial charge in [-0.3, -0.25) is 4.79 Å². The summed E-state index contributed by atoms with van der Waals surface area (Å²) in [5, 5.41) is 2.75. The largest absolute Gasteiger partial charge is 0.456 e. The summed E-state index contributed by atoms with van der Waals surface area (Å²) in [6.45, 7) is 0.110. The molecule has 4 nitrogen and oxygen atoms in total. The summed E-state index contributed by atoms with van der Waals surface area (Å²) in [6, 6.07) is 14.2. The van der Waals surface area contributed by atoms with Crippen LogP contribution in [0.3, 0.4) is 0 Å². The van der Waals surface area contributed by atoms with Crippen molar-refractivity contribution in [2.45, 2.75) is 6.61 Å². The maximum absolute atomic E-state index is 12.0. The Morgan fingerprint density at radius 1 is 1.21 bits per heavy atom. The molecule has 3 aromatic rings. The van der Waals surface area contributed by atoms with Crippen LogP contribution < -0.4 is 0 Å². The van der Waals surface area contributed by atoms with Crippen LogP contribution in [0, 0.1) is 0 Å². The molecule has 0 radical (unpaired) electrons. The Hall–Kier alpha value is -2.31. The van der Waals surface area contributed by atoms with E-state index in [1.54, 1.807) is 24.3 Å². The molecule has 0 aliphatic heterocycles. The number of hydrogen-bond donors (Lipinski definition) is 0. The summed E-state index contributed by atoms with van der Waals surface area (Å²) in [7, 11) is 0. The molecule has 0 spiro atoms. The van der Waals surface area contributed by atoms with E-state index >= 15 is 0 Å². The van der Waals surface area contributed by atoms with E-state index in [1.807, 2.05) is 29.6 Å². The van der Waals surface area contributed by atoms with Crippen molar-refractivity contribution in [3.63, 3.8) is 0 Å². The Morgan fingerprint density at radius 2 is 2.00 bits per heavy atom. The topological polar surface area (TPSA) is 56.3 Å². The summed E-state index contributed by atoms with van der Waals surface area (Å²) in [4.78, 5) is 27.1. The van der Waals surface area contributed by atoms with Crippen molar-refractivity contribution in [3.8, 4) is 10.6 Å². The zero-order valence-corrected chi connectivity index (χ0v) is 14.8. The van der Waals surface area contributed by atoms with Gasteiger partial charge in [0, 0.05) is 21.0 Å². The van der Waals surface area contributed by atoms with Crippen LogP contribution in [0.1, 0.15) is 26.4 Å². The maximum Gasteiger partial charge on any atom is 0.338 e. The molecule has 0 aliphatic carbocycles. The summed E-state index contributed by atoms with van der Waals surface area (Å²) in [5.41, 5.74) is 2.64. The molecule has 0 aliphatic rings. The fraction of sp³-hybridized carbons (Fsp3) is 0.0556. The number of aldehydes is 1. The highest BCUT2D eigenvalue weighted by Crippen LogP contribution is 2.26. The standard InChI is InChI=1S/C18H12BrNO3S/c19-15-3-1-2-14(8-15)17-20-16(11-24-17)10-23-18(22)13-6-4-12(9-21)5-7-13/h1-9,11H,10H2. The Balaban J connectivity index is 1.64. The molecule has 1 aromatic heterocycles. The summed E-state index contributed by atoms with van der Waals surface area (Å²) in [6.07, 6.45) is 0.730. The van der Waals surface area contributed by atoms with E-state index in [9.17, 15) is 9.59 Å². The van der Waals surface area contributed by atoms with Gasteiger partial charge in [0.1, 0.15) is 17.9 Å². The Labute approximate surface area is 151 Å². The highest BCUT2D eigenvalue weighted by Gasteiger charge is 2.10. The number of ether oxygens (including phenoxy) is 1. The summed E-state index contributed by atoms with van der Waals surface area (Å²) < 4.78 is 6.26. The molecule has 3 rings (SSSR count). The minimum Gasteiger partial charge on any atom is -0.456 e. The van der Waals surface area contributed by atoms with Gasteiger partial charge in [-0.15, -0.1) is 11.3 Å². The minimum absolute atomic E-state index is 0.110. The van der Waals surface area contributed by atoms with Crippen molar-refractivity contribution in [2.24, 2.45) is 0 Å². The van der Waals surface area contributed by atoms with Crippen molar-refractivity contribution in [3.05, 3.63) is 75.2 Å². The molecule has 24 heavy (non-hydrogen) atoms. The normalized spacial score (nSPS) is 10.4. The van der Waals surface area contributed by atoms with E-state index in [0.717, 1.165) is 21.3 Å². The molecular formula is C18H12BrNO3S. The molecule has 120 valence electrons. The fourth-order valence-corrected chi connectivity index (χ4v) is 3.25. The van der Waals surface area contributed by atoms with E-state index in [-0.39, 0.29) is 6.61 Å². The Kier molecular flexibility index (Phi) is 5.17. The highest BCUT2D eigenvalue weighted by atomic mass is 79.9. The second-order valence-corrected chi connectivity index (χ2v) is 6.74. The lowest BCUT2D eigenvalue weighted by molar-refractivity contribution is 0.0468. The second kappa shape index (κ2) is 7.51. The van der Waals surface area contributed by atoms with Crippen LogP contribution in [0.5, 0.6) is 0 Å². The first-order valence-electron chi connectivity index (χ1n) is 7.08. The molecule has 1 heterocycles. The Bertz CT molecular complexity index is 874. The third-order valence-electron chi connectivity index (χ3n) is 3.26. The summed E-state index contributed by atoms with van der Waals surface area (Å²) >= 11 is 4.94. The lowest BCUT2D eigenvalue weighted by atomic mass is 10.1. The van der Waals surface area contributed by atoms with Gasteiger partial charge in [-0.25, -0.2) is 9.78 Å². The predicted molar refractivity (Wildman–Crippen MR) is 96.2 cm³/mol. The molecule has 0 amide bonds. The molecular weight excluding hydrogens is 390 g/mol. The SMILES string of the molecule is O=Cc1ccc(C(=O)OCc2csc(-c3cccc(Br)c3)n2)cc1. The highest BCUT2D eigenvalue weighted by molar-refractivity contribution is 9.10. The van der Waals surface area contributed by atoms with Gasteiger partial charge in [0.25, 0.3) is 0 Å². The maximum atomic E-state index is 12.0. The van der Waals surface area contributed by atoms with Crippen LogP contribution in [0.25, 0.3) is 10.6 Å². The van der Waals surface area contributed by atoms with E-state index in [0.29, 0.717) is 16.8 Å². The molecule has 6 heteroatoms. The number of halogens is 1. The van der Waals surface area contributed by atoms with Crippen molar-refractivity contribution in [2.75, 3.05) is 0 Å². The van der Waals surface area contributed by atoms with E-state index in [4.69, 9.17) is 4.74 Å². The number of carbonyl (C=O) groups excluding carboxylic acids is 2. The minimum atomic E-state index is -0.440. The van der Waals surface area contributed by atoms with Crippen molar-refractivity contribution in [1.29, 1.82) is 0 Å². The summed E-state index contributed by atoms with van der Waals surface area (Å²) in [5.74, 6) is -0.440. The molecule has 0 N–H and O–H groups in total. The van der Waals surface area contributed by atoms with Crippen LogP contribution in [0.4, 0.5) is 0 Å². The lowest BCUT2D eigenvalue weighted by Crippen LogP contribution is -2.05. The number of aromatic nitrogens is 1. The zero-order valence-electron chi connectivity index (χ0n) is 12.4. The van der Waals surface area contributed by atoms with Gasteiger partial charge in [0.05, 0.1) is 11.3 Å². The van der Waals surface area contributed by atoms with Gasteiger partial charge < -0.3 is 4.74 Å². The first-order chi connectivity index (χ1) is 11.7. The van der Waals surface area contributed by atoms with Crippen LogP contribution >= 0.6 is 27.3 Å². The monoisotopic (exact) mass is 401 g/mol. The molecule has 0 bridgehead atoms. The fourth-order valence-electron chi connectivity index (χ4n) is 2.05. The van der Waals surface area contributed by atoms with E-state index in [2.05, 4.69) is 20.9 Å². The molecule has 0 unspecified atom stereocenters. The smallest absolute Gasteiger partial charge is 0.338 e. The number of hydrogen-bond acceptors (Lipinski definition) is 5. The van der Waals surface area contributed by atoms with Crippen LogP contribution in [-0.2, 0) is 11.3 Å². The second-order valence-electron chi connectivity index (χ2n) is 4.97. The van der Waals surface area contributed by atoms with Gasteiger partial charge >= 0.3 is 5.97 Å². The third kappa shape index (κ3) is 3.96. The molecule has 0 saturated heterocycles. The average molecular weight is 402 g/mol. The quantitative estimate of drug-likeness (QED) is 0.457. The van der Waals surface area contributed by atoms with Gasteiger partial charge in [0.15, 0.2) is 0 Å². The van der Waals surface area contributed by atoms with Crippen LogP contribution in [0.15, 0.2) is 58.4 Å². The first-order valence-corrected chi connectivity index (χ1v) is 8.75. The number of esters is 1. The van der Waals surface area contributed by atoms with E-state index in [1.165, 1.54) is 11.3 Å². The van der Waals surface area contributed by atoms with Gasteiger partial charge in [0.2, 0.25) is 0 Å². The van der Waals surface area contributed by atoms with Crippen LogP contribution in [-0.4, -0.2) is 17.2 Å². The number of benzene rings is 2. The predicted octanol–water partition coefficient (Wildman–Crippen LogP) is 4.74. The molecule has 0 saturated carbocycles. The van der Waals surface area contributed by atoms with Gasteiger partial charge in [-0.2, -0.15) is 0 Å². The third-order valence-corrected chi connectivity index (χ3v) is 4.69.